The number of hydrogen-bond donors (Lipinski definition) is 1. The van der Waals surface area contributed by atoms with Crippen LogP contribution in [0.25, 0.3) is 16.9 Å². The van der Waals surface area contributed by atoms with Crippen LogP contribution in [0.4, 0.5) is 10.2 Å². The van der Waals surface area contributed by atoms with Gasteiger partial charge in [0.05, 0.1) is 18.2 Å². The number of aromatic nitrogens is 5. The van der Waals surface area contributed by atoms with Crippen molar-refractivity contribution in [2.24, 2.45) is 0 Å². The molecule has 132 valence electrons. The van der Waals surface area contributed by atoms with Crippen LogP contribution in [-0.4, -0.2) is 30.7 Å². The van der Waals surface area contributed by atoms with Crippen molar-refractivity contribution in [1.82, 2.24) is 24.1 Å². The highest BCUT2D eigenvalue weighted by Gasteiger charge is 2.11. The molecule has 0 saturated carbocycles. The first-order valence-electron chi connectivity index (χ1n) is 8.53. The first kappa shape index (κ1) is 16.3. The summed E-state index contributed by atoms with van der Waals surface area (Å²) in [5.41, 5.74) is 1.74. The second kappa shape index (κ2) is 6.95. The van der Waals surface area contributed by atoms with Gasteiger partial charge in [-0.2, -0.15) is 9.61 Å². The van der Waals surface area contributed by atoms with E-state index in [1.54, 1.807) is 35.1 Å². The maximum Gasteiger partial charge on any atom is 0.157 e. The number of nitrogens with zero attached hydrogens (tertiary/aromatic N) is 5. The number of imidazole rings is 1. The Balaban J connectivity index is 1.58. The van der Waals surface area contributed by atoms with Crippen LogP contribution in [0.5, 0.6) is 0 Å². The number of benzene rings is 1. The molecule has 0 aliphatic heterocycles. The summed E-state index contributed by atoms with van der Waals surface area (Å²) in [6, 6.07) is 10.6. The lowest BCUT2D eigenvalue weighted by Crippen LogP contribution is -2.12. The Labute approximate surface area is 150 Å². The molecule has 0 spiro atoms. The quantitative estimate of drug-likeness (QED) is 0.575. The van der Waals surface area contributed by atoms with E-state index in [0.717, 1.165) is 18.8 Å². The van der Waals surface area contributed by atoms with Crippen LogP contribution >= 0.6 is 0 Å². The molecule has 7 heteroatoms. The summed E-state index contributed by atoms with van der Waals surface area (Å²) in [6.45, 7) is 2.89. The predicted molar refractivity (Wildman–Crippen MR) is 98.4 cm³/mol. The second-order valence-corrected chi connectivity index (χ2v) is 6.18. The predicted octanol–water partition coefficient (Wildman–Crippen LogP) is 3.80. The number of hydrogen-bond acceptors (Lipinski definition) is 4. The van der Waals surface area contributed by atoms with Crippen LogP contribution in [0, 0.1) is 5.82 Å². The van der Waals surface area contributed by atoms with E-state index in [4.69, 9.17) is 0 Å². The van der Waals surface area contributed by atoms with Gasteiger partial charge >= 0.3 is 0 Å². The van der Waals surface area contributed by atoms with Crippen molar-refractivity contribution in [2.75, 3.05) is 11.9 Å². The topological polar surface area (TPSA) is 60.0 Å². The van der Waals surface area contributed by atoms with Crippen molar-refractivity contribution < 1.29 is 4.39 Å². The lowest BCUT2D eigenvalue weighted by Gasteiger charge is -2.15. The summed E-state index contributed by atoms with van der Waals surface area (Å²) < 4.78 is 18.0. The molecule has 0 aliphatic carbocycles. The summed E-state index contributed by atoms with van der Waals surface area (Å²) >= 11 is 0. The molecular weight excluding hydrogens is 331 g/mol. The van der Waals surface area contributed by atoms with Gasteiger partial charge in [-0.1, -0.05) is 12.1 Å². The molecular formula is C19H19FN6. The minimum atomic E-state index is -0.288. The minimum Gasteiger partial charge on any atom is -0.370 e. The minimum absolute atomic E-state index is 0.288. The van der Waals surface area contributed by atoms with E-state index in [9.17, 15) is 4.39 Å². The molecule has 0 aliphatic rings. The monoisotopic (exact) mass is 350 g/mol. The van der Waals surface area contributed by atoms with Crippen molar-refractivity contribution >= 4 is 11.5 Å². The molecule has 0 radical (unpaired) electrons. The zero-order chi connectivity index (χ0) is 17.9. The number of anilines is 1. The van der Waals surface area contributed by atoms with Crippen molar-refractivity contribution in [1.29, 1.82) is 0 Å². The average molecular weight is 350 g/mol. The van der Waals surface area contributed by atoms with E-state index in [2.05, 4.69) is 31.9 Å². The van der Waals surface area contributed by atoms with Gasteiger partial charge < -0.3 is 9.88 Å². The normalized spacial score (nSPS) is 12.4. The Morgan fingerprint density at radius 2 is 2.08 bits per heavy atom. The van der Waals surface area contributed by atoms with Gasteiger partial charge in [-0.3, -0.25) is 0 Å². The highest BCUT2D eigenvalue weighted by molar-refractivity contribution is 5.66. The van der Waals surface area contributed by atoms with E-state index in [-0.39, 0.29) is 5.82 Å². The molecule has 0 fully saturated rings. The highest BCUT2D eigenvalue weighted by atomic mass is 19.1. The number of rotatable bonds is 6. The van der Waals surface area contributed by atoms with Crippen molar-refractivity contribution in [3.63, 3.8) is 0 Å². The fourth-order valence-electron chi connectivity index (χ4n) is 2.93. The van der Waals surface area contributed by atoms with Crippen LogP contribution in [0.2, 0.25) is 0 Å². The fourth-order valence-corrected chi connectivity index (χ4v) is 2.93. The molecule has 0 saturated heterocycles. The largest absolute Gasteiger partial charge is 0.370 e. The Kier molecular flexibility index (Phi) is 4.35. The number of halogens is 1. The summed E-state index contributed by atoms with van der Waals surface area (Å²) in [5.74, 6) is 0.500. The van der Waals surface area contributed by atoms with Crippen molar-refractivity contribution in [2.45, 2.75) is 19.4 Å². The summed E-state index contributed by atoms with van der Waals surface area (Å²) in [5, 5.41) is 7.71. The summed E-state index contributed by atoms with van der Waals surface area (Å²) in [6.07, 6.45) is 8.15. The molecule has 0 bridgehead atoms. The third-order valence-corrected chi connectivity index (χ3v) is 4.41. The molecule has 0 unspecified atom stereocenters. The standard InChI is InChI=1S/C19H19FN6/c1-14(25-11-10-21-13-25)6-8-22-19-12-17(15-4-2-3-5-16(15)20)24-18-7-9-23-26(18)19/h2-5,7,9-14,22H,6,8H2,1H3/t14-/m1/s1. The van der Waals surface area contributed by atoms with Gasteiger partial charge in [-0.05, 0) is 25.5 Å². The zero-order valence-electron chi connectivity index (χ0n) is 14.4. The molecule has 6 nitrogen and oxygen atoms in total. The number of fused-ring (bicyclic) bond motifs is 1. The summed E-state index contributed by atoms with van der Waals surface area (Å²) in [7, 11) is 0. The number of nitrogens with one attached hydrogen (secondary N) is 1. The van der Waals surface area contributed by atoms with E-state index >= 15 is 0 Å². The molecule has 3 aromatic heterocycles. The third-order valence-electron chi connectivity index (χ3n) is 4.41. The SMILES string of the molecule is C[C@H](CCNc1cc(-c2ccccc2F)nc2ccnn12)n1ccnc1. The third kappa shape index (κ3) is 3.15. The Morgan fingerprint density at radius 3 is 2.88 bits per heavy atom. The van der Waals surface area contributed by atoms with Crippen LogP contribution in [0.1, 0.15) is 19.4 Å². The fraction of sp³-hybridized carbons (Fsp3) is 0.211. The molecule has 1 aromatic carbocycles. The second-order valence-electron chi connectivity index (χ2n) is 6.18. The van der Waals surface area contributed by atoms with E-state index in [1.165, 1.54) is 6.07 Å². The van der Waals surface area contributed by atoms with Crippen molar-refractivity contribution in [3.05, 3.63) is 67.1 Å². The van der Waals surface area contributed by atoms with Crippen LogP contribution < -0.4 is 5.32 Å². The molecule has 4 aromatic rings. The van der Waals surface area contributed by atoms with E-state index in [0.29, 0.717) is 22.9 Å². The lowest BCUT2D eigenvalue weighted by atomic mass is 10.1. The van der Waals surface area contributed by atoms with Gasteiger partial charge in [0.2, 0.25) is 0 Å². The highest BCUT2D eigenvalue weighted by Crippen LogP contribution is 2.24. The van der Waals surface area contributed by atoms with Gasteiger partial charge in [0.1, 0.15) is 11.6 Å². The lowest BCUT2D eigenvalue weighted by molar-refractivity contribution is 0.519. The smallest absolute Gasteiger partial charge is 0.157 e. The van der Waals surface area contributed by atoms with Gasteiger partial charge in [-0.25, -0.2) is 14.4 Å². The van der Waals surface area contributed by atoms with Gasteiger partial charge in [0, 0.05) is 42.7 Å². The van der Waals surface area contributed by atoms with Gasteiger partial charge in [0.15, 0.2) is 5.65 Å². The van der Waals surface area contributed by atoms with Gasteiger partial charge in [0.25, 0.3) is 0 Å². The molecule has 1 atom stereocenters. The zero-order valence-corrected chi connectivity index (χ0v) is 14.4. The average Bonchev–Trinajstić information content (AvgIpc) is 3.33. The molecule has 0 amide bonds. The van der Waals surface area contributed by atoms with Crippen LogP contribution in [-0.2, 0) is 0 Å². The molecule has 4 rings (SSSR count). The Morgan fingerprint density at radius 1 is 1.19 bits per heavy atom. The van der Waals surface area contributed by atoms with Crippen LogP contribution in [0.15, 0.2) is 61.3 Å². The molecule has 26 heavy (non-hydrogen) atoms. The maximum atomic E-state index is 14.2. The first-order valence-corrected chi connectivity index (χ1v) is 8.53. The molecule has 3 heterocycles. The summed E-state index contributed by atoms with van der Waals surface area (Å²) in [4.78, 5) is 8.60. The van der Waals surface area contributed by atoms with E-state index < -0.39 is 0 Å². The van der Waals surface area contributed by atoms with Gasteiger partial charge in [-0.15, -0.1) is 0 Å². The maximum absolute atomic E-state index is 14.2. The first-order chi connectivity index (χ1) is 12.7. The van der Waals surface area contributed by atoms with Crippen molar-refractivity contribution in [3.8, 4) is 11.3 Å². The Hall–Kier alpha value is -3.22. The van der Waals surface area contributed by atoms with E-state index in [1.807, 2.05) is 24.7 Å². The Bertz CT molecular complexity index is 1010. The van der Waals surface area contributed by atoms with Crippen LogP contribution in [0.3, 0.4) is 0 Å². The molecule has 1 N–H and O–H groups in total.